The summed E-state index contributed by atoms with van der Waals surface area (Å²) in [6, 6.07) is 11.2. The highest BCUT2D eigenvalue weighted by Gasteiger charge is 2.15. The summed E-state index contributed by atoms with van der Waals surface area (Å²) in [5.74, 6) is 0.667. The van der Waals surface area contributed by atoms with E-state index >= 15 is 0 Å². The minimum atomic E-state index is -0.0405. The molecule has 0 atom stereocenters. The maximum Gasteiger partial charge on any atom is 0.262 e. The van der Waals surface area contributed by atoms with E-state index in [0.717, 1.165) is 9.75 Å². The van der Waals surface area contributed by atoms with Crippen molar-refractivity contribution in [3.05, 3.63) is 56.5 Å². The average molecular weight is 373 g/mol. The standard InChI is InChI=1S/C19H20N2O2S2/c1-12(2)10-21-18(23)14-6-4-5-7-15(14)20-19(21)24-11-16(22)17-9-8-13(3)25-17/h4-9,12H,10-11H2,1-3H3. The molecule has 1 aromatic carbocycles. The number of carbonyl (C=O) groups is 1. The number of aryl methyl sites for hydroxylation is 1. The van der Waals surface area contributed by atoms with Gasteiger partial charge in [-0.25, -0.2) is 4.98 Å². The van der Waals surface area contributed by atoms with Crippen molar-refractivity contribution in [1.29, 1.82) is 0 Å². The molecule has 4 nitrogen and oxygen atoms in total. The number of Topliss-reactive ketones (excluding diaryl/α,β-unsaturated/α-hetero) is 1. The fourth-order valence-electron chi connectivity index (χ4n) is 2.57. The van der Waals surface area contributed by atoms with Gasteiger partial charge in [0, 0.05) is 11.4 Å². The highest BCUT2D eigenvalue weighted by atomic mass is 32.2. The lowest BCUT2D eigenvalue weighted by Crippen LogP contribution is -2.25. The van der Waals surface area contributed by atoms with Gasteiger partial charge in [-0.15, -0.1) is 11.3 Å². The Morgan fingerprint density at radius 3 is 2.68 bits per heavy atom. The number of carbonyl (C=O) groups excluding carboxylic acids is 1. The van der Waals surface area contributed by atoms with Gasteiger partial charge in [-0.05, 0) is 37.1 Å². The molecule has 0 bridgehead atoms. The van der Waals surface area contributed by atoms with Crippen molar-refractivity contribution < 1.29 is 4.79 Å². The summed E-state index contributed by atoms with van der Waals surface area (Å²) >= 11 is 2.84. The van der Waals surface area contributed by atoms with Gasteiger partial charge in [-0.3, -0.25) is 14.2 Å². The molecule has 0 aliphatic heterocycles. The summed E-state index contributed by atoms with van der Waals surface area (Å²) < 4.78 is 1.70. The summed E-state index contributed by atoms with van der Waals surface area (Å²) in [5, 5.41) is 1.23. The second-order valence-corrected chi connectivity index (χ2v) is 8.57. The number of nitrogens with zero attached hydrogens (tertiary/aromatic N) is 2. The molecule has 25 heavy (non-hydrogen) atoms. The van der Waals surface area contributed by atoms with Crippen molar-refractivity contribution >= 4 is 39.8 Å². The van der Waals surface area contributed by atoms with Gasteiger partial charge in [-0.2, -0.15) is 0 Å². The highest BCUT2D eigenvalue weighted by molar-refractivity contribution is 7.99. The molecule has 2 aromatic heterocycles. The van der Waals surface area contributed by atoms with E-state index in [-0.39, 0.29) is 17.1 Å². The molecule has 2 heterocycles. The number of hydrogen-bond acceptors (Lipinski definition) is 5. The third-order valence-electron chi connectivity index (χ3n) is 3.72. The van der Waals surface area contributed by atoms with Crippen molar-refractivity contribution in [1.82, 2.24) is 9.55 Å². The Hall–Kier alpha value is -1.92. The molecule has 0 amide bonds. The number of aromatic nitrogens is 2. The Morgan fingerprint density at radius 2 is 2.00 bits per heavy atom. The molecule has 0 unspecified atom stereocenters. The number of thiophene rings is 1. The monoisotopic (exact) mass is 372 g/mol. The zero-order valence-electron chi connectivity index (χ0n) is 14.5. The minimum Gasteiger partial charge on any atom is -0.292 e. The smallest absolute Gasteiger partial charge is 0.262 e. The Balaban J connectivity index is 1.93. The number of para-hydroxylation sites is 1. The van der Waals surface area contributed by atoms with Crippen LogP contribution in [-0.4, -0.2) is 21.1 Å². The number of thioether (sulfide) groups is 1. The molecule has 0 saturated heterocycles. The lowest BCUT2D eigenvalue weighted by molar-refractivity contribution is 0.102. The lowest BCUT2D eigenvalue weighted by Gasteiger charge is -2.14. The molecule has 3 rings (SSSR count). The summed E-state index contributed by atoms with van der Waals surface area (Å²) in [6.07, 6.45) is 0. The van der Waals surface area contributed by atoms with Crippen LogP contribution in [0.5, 0.6) is 0 Å². The van der Waals surface area contributed by atoms with Crippen LogP contribution in [-0.2, 0) is 6.54 Å². The van der Waals surface area contributed by atoms with Crippen molar-refractivity contribution in [2.45, 2.75) is 32.5 Å². The van der Waals surface area contributed by atoms with E-state index in [0.29, 0.717) is 28.5 Å². The zero-order valence-corrected chi connectivity index (χ0v) is 16.1. The van der Waals surface area contributed by atoms with Gasteiger partial charge in [-0.1, -0.05) is 37.7 Å². The van der Waals surface area contributed by atoms with E-state index in [2.05, 4.69) is 18.8 Å². The Morgan fingerprint density at radius 1 is 1.24 bits per heavy atom. The van der Waals surface area contributed by atoms with Crippen molar-refractivity contribution in [2.24, 2.45) is 5.92 Å². The fourth-order valence-corrected chi connectivity index (χ4v) is 4.36. The molecular formula is C19H20N2O2S2. The van der Waals surface area contributed by atoms with E-state index in [4.69, 9.17) is 0 Å². The van der Waals surface area contributed by atoms with Crippen LogP contribution >= 0.6 is 23.1 Å². The molecule has 0 radical (unpaired) electrons. The number of hydrogen-bond donors (Lipinski definition) is 0. The lowest BCUT2D eigenvalue weighted by atomic mass is 10.2. The van der Waals surface area contributed by atoms with Crippen LogP contribution in [0, 0.1) is 12.8 Å². The molecule has 0 fully saturated rings. The average Bonchev–Trinajstić information content (AvgIpc) is 3.02. The summed E-state index contributed by atoms with van der Waals surface area (Å²) in [7, 11) is 0. The van der Waals surface area contributed by atoms with Gasteiger partial charge >= 0.3 is 0 Å². The Labute approximate surface area is 154 Å². The van der Waals surface area contributed by atoms with Gasteiger partial charge in [0.1, 0.15) is 0 Å². The van der Waals surface area contributed by atoms with Crippen LogP contribution in [0.25, 0.3) is 10.9 Å². The first-order chi connectivity index (χ1) is 12.0. The maximum atomic E-state index is 12.8. The first-order valence-corrected chi connectivity index (χ1v) is 9.98. The Kier molecular flexibility index (Phi) is 5.39. The molecule has 0 aliphatic carbocycles. The second kappa shape index (κ2) is 7.54. The first-order valence-electron chi connectivity index (χ1n) is 8.17. The third-order valence-corrected chi connectivity index (χ3v) is 5.74. The molecule has 3 aromatic rings. The molecule has 0 N–H and O–H groups in total. The van der Waals surface area contributed by atoms with E-state index in [1.165, 1.54) is 23.1 Å². The summed E-state index contributed by atoms with van der Waals surface area (Å²) in [5.41, 5.74) is 0.635. The van der Waals surface area contributed by atoms with E-state index in [9.17, 15) is 9.59 Å². The van der Waals surface area contributed by atoms with Crippen molar-refractivity contribution in [3.8, 4) is 0 Å². The maximum absolute atomic E-state index is 12.8. The van der Waals surface area contributed by atoms with Gasteiger partial charge < -0.3 is 0 Å². The normalized spacial score (nSPS) is 11.4. The SMILES string of the molecule is Cc1ccc(C(=O)CSc2nc3ccccc3c(=O)n2CC(C)C)s1. The van der Waals surface area contributed by atoms with Crippen LogP contribution in [0.2, 0.25) is 0 Å². The van der Waals surface area contributed by atoms with E-state index in [1.54, 1.807) is 10.6 Å². The third kappa shape index (κ3) is 4.02. The van der Waals surface area contributed by atoms with Crippen molar-refractivity contribution in [2.75, 3.05) is 5.75 Å². The second-order valence-electron chi connectivity index (χ2n) is 6.34. The molecule has 0 aliphatic rings. The number of rotatable bonds is 6. The van der Waals surface area contributed by atoms with Crippen LogP contribution in [0.15, 0.2) is 46.3 Å². The summed E-state index contributed by atoms with van der Waals surface area (Å²) in [4.78, 5) is 31.7. The van der Waals surface area contributed by atoms with Gasteiger partial charge in [0.2, 0.25) is 0 Å². The minimum absolute atomic E-state index is 0.0405. The van der Waals surface area contributed by atoms with Crippen LogP contribution in [0.3, 0.4) is 0 Å². The number of fused-ring (bicyclic) bond motifs is 1. The summed E-state index contributed by atoms with van der Waals surface area (Å²) in [6.45, 7) is 6.70. The topological polar surface area (TPSA) is 52.0 Å². The van der Waals surface area contributed by atoms with Crippen LogP contribution in [0.4, 0.5) is 0 Å². The Bertz CT molecular complexity index is 973. The van der Waals surface area contributed by atoms with E-state index < -0.39 is 0 Å². The largest absolute Gasteiger partial charge is 0.292 e. The van der Waals surface area contributed by atoms with E-state index in [1.807, 2.05) is 37.3 Å². The zero-order chi connectivity index (χ0) is 18.0. The predicted molar refractivity (Wildman–Crippen MR) is 105 cm³/mol. The van der Waals surface area contributed by atoms with Gasteiger partial charge in [0.05, 0.1) is 21.5 Å². The van der Waals surface area contributed by atoms with Crippen molar-refractivity contribution in [3.63, 3.8) is 0 Å². The molecule has 130 valence electrons. The molecule has 0 spiro atoms. The fraction of sp³-hybridized carbons (Fsp3) is 0.316. The van der Waals surface area contributed by atoms with Gasteiger partial charge in [0.25, 0.3) is 5.56 Å². The molecule has 6 heteroatoms. The molecular weight excluding hydrogens is 352 g/mol. The highest BCUT2D eigenvalue weighted by Crippen LogP contribution is 2.22. The van der Waals surface area contributed by atoms with Crippen LogP contribution in [0.1, 0.15) is 28.4 Å². The first kappa shape index (κ1) is 17.9. The molecule has 0 saturated carbocycles. The number of ketones is 1. The predicted octanol–water partition coefficient (Wildman–Crippen LogP) is 4.40. The quantitative estimate of drug-likeness (QED) is 0.366. The van der Waals surface area contributed by atoms with Crippen LogP contribution < -0.4 is 5.56 Å². The number of benzene rings is 1. The van der Waals surface area contributed by atoms with Gasteiger partial charge in [0.15, 0.2) is 10.9 Å².